The van der Waals surface area contributed by atoms with Crippen LogP contribution in [-0.2, 0) is 11.4 Å². The first-order valence-electron chi connectivity index (χ1n) is 8.97. The number of carboxylic acids is 1. The van der Waals surface area contributed by atoms with Crippen LogP contribution in [0.2, 0.25) is 0 Å². The zero-order valence-electron chi connectivity index (χ0n) is 15.8. The number of ketones is 1. The second kappa shape index (κ2) is 9.22. The molecule has 6 heteroatoms. The average molecular weight is 399 g/mol. The smallest absolute Gasteiger partial charge is 0.371 e. The number of hydrogen-bond acceptors (Lipinski definition) is 5. The van der Waals surface area contributed by atoms with Crippen molar-refractivity contribution in [3.63, 3.8) is 0 Å². The number of carboxylic acid groups (broad SMARTS) is 1. The van der Waals surface area contributed by atoms with E-state index in [4.69, 9.17) is 9.84 Å². The number of hydrogen-bond donors (Lipinski definition) is 2. The van der Waals surface area contributed by atoms with Gasteiger partial charge in [-0.25, -0.2) is 4.79 Å². The van der Waals surface area contributed by atoms with E-state index in [1.165, 1.54) is 12.1 Å². The summed E-state index contributed by atoms with van der Waals surface area (Å²) in [4.78, 5) is 22.8. The van der Waals surface area contributed by atoms with Crippen molar-refractivity contribution >= 4 is 11.8 Å². The summed E-state index contributed by atoms with van der Waals surface area (Å²) in [6.07, 6.45) is 0.637. The molecule has 0 radical (unpaired) electrons. The summed E-state index contributed by atoms with van der Waals surface area (Å²) in [6, 6.07) is 23.5. The summed E-state index contributed by atoms with van der Waals surface area (Å²) in [5.41, 5.74) is 3.31. The Morgan fingerprint density at radius 3 is 2.40 bits per heavy atom. The number of aliphatic carboxylic acids is 1. The first kappa shape index (κ1) is 20.4. The van der Waals surface area contributed by atoms with E-state index in [1.807, 2.05) is 42.5 Å². The lowest BCUT2D eigenvalue weighted by molar-refractivity contribution is -0.135. The highest BCUT2D eigenvalue weighted by Gasteiger charge is 2.11. The van der Waals surface area contributed by atoms with Crippen molar-refractivity contribution in [2.75, 3.05) is 0 Å². The Morgan fingerprint density at radius 1 is 0.933 bits per heavy atom. The summed E-state index contributed by atoms with van der Waals surface area (Å²) >= 11 is 0. The molecule has 148 valence electrons. The number of aliphatic hydroxyl groups excluding tert-OH is 1. The van der Waals surface area contributed by atoms with E-state index in [0.717, 1.165) is 11.1 Å². The molecule has 0 fully saturated rings. The Hall–Kier alpha value is -4.37. The molecule has 3 aromatic carbocycles. The fraction of sp³-hybridized carbons (Fsp3) is 0.0417. The molecule has 3 aromatic rings. The molecular formula is C24H17NO5. The van der Waals surface area contributed by atoms with Crippen molar-refractivity contribution in [1.82, 2.24) is 0 Å². The van der Waals surface area contributed by atoms with E-state index < -0.39 is 17.5 Å². The van der Waals surface area contributed by atoms with Gasteiger partial charge >= 0.3 is 5.97 Å². The quantitative estimate of drug-likeness (QED) is 0.344. The van der Waals surface area contributed by atoms with E-state index >= 15 is 0 Å². The van der Waals surface area contributed by atoms with Crippen LogP contribution in [0.4, 0.5) is 0 Å². The van der Waals surface area contributed by atoms with Crippen LogP contribution in [0.1, 0.15) is 21.5 Å². The number of carbonyl (C=O) groups excluding carboxylic acids is 1. The first-order valence-corrected chi connectivity index (χ1v) is 8.97. The van der Waals surface area contributed by atoms with Crippen molar-refractivity contribution in [2.24, 2.45) is 0 Å². The molecule has 0 saturated carbocycles. The van der Waals surface area contributed by atoms with Crippen molar-refractivity contribution in [3.8, 4) is 22.9 Å². The Bertz CT molecular complexity index is 1160. The summed E-state index contributed by atoms with van der Waals surface area (Å²) in [5, 5.41) is 27.3. The highest BCUT2D eigenvalue weighted by Crippen LogP contribution is 2.24. The second-order valence-corrected chi connectivity index (χ2v) is 6.37. The van der Waals surface area contributed by atoms with Crippen LogP contribution in [-0.4, -0.2) is 22.0 Å². The van der Waals surface area contributed by atoms with Gasteiger partial charge in [-0.05, 0) is 35.4 Å². The fourth-order valence-corrected chi connectivity index (χ4v) is 2.80. The third kappa shape index (κ3) is 4.91. The standard InChI is InChI=1S/C24H17NO5/c25-14-19-10-9-17(16-5-2-1-3-6-16)11-20(19)15-30-21-8-4-7-18(12-21)22(26)13-23(27)24(28)29/h1-13,27H,15H2,(H,28,29). The van der Waals surface area contributed by atoms with Crippen molar-refractivity contribution in [3.05, 3.63) is 101 Å². The molecule has 3 rings (SSSR count). The highest BCUT2D eigenvalue weighted by atomic mass is 16.5. The summed E-state index contributed by atoms with van der Waals surface area (Å²) in [5.74, 6) is -2.91. The van der Waals surface area contributed by atoms with Crippen LogP contribution in [0.15, 0.2) is 84.6 Å². The molecule has 0 saturated heterocycles. The molecule has 0 amide bonds. The summed E-state index contributed by atoms with van der Waals surface area (Å²) < 4.78 is 5.77. The minimum absolute atomic E-state index is 0.109. The van der Waals surface area contributed by atoms with Crippen LogP contribution < -0.4 is 4.74 Å². The highest BCUT2D eigenvalue weighted by molar-refractivity contribution is 6.07. The zero-order valence-corrected chi connectivity index (χ0v) is 15.8. The van der Waals surface area contributed by atoms with Gasteiger partial charge in [0.25, 0.3) is 0 Å². The molecule has 0 bridgehead atoms. The topological polar surface area (TPSA) is 108 Å². The lowest BCUT2D eigenvalue weighted by atomic mass is 10.00. The largest absolute Gasteiger partial charge is 0.502 e. The number of allylic oxidation sites excluding steroid dienone is 1. The third-order valence-electron chi connectivity index (χ3n) is 4.33. The van der Waals surface area contributed by atoms with Gasteiger partial charge < -0.3 is 14.9 Å². The maximum absolute atomic E-state index is 12.1. The summed E-state index contributed by atoms with van der Waals surface area (Å²) in [7, 11) is 0. The minimum atomic E-state index is -1.59. The monoisotopic (exact) mass is 399 g/mol. The zero-order chi connectivity index (χ0) is 21.5. The maximum atomic E-state index is 12.1. The van der Waals surface area contributed by atoms with Gasteiger partial charge in [0.2, 0.25) is 5.76 Å². The van der Waals surface area contributed by atoms with Gasteiger partial charge in [0.1, 0.15) is 12.4 Å². The molecular weight excluding hydrogens is 382 g/mol. The number of rotatable bonds is 7. The van der Waals surface area contributed by atoms with E-state index in [0.29, 0.717) is 23.0 Å². The van der Waals surface area contributed by atoms with E-state index in [1.54, 1.807) is 18.2 Å². The molecule has 0 heterocycles. The van der Waals surface area contributed by atoms with Crippen molar-refractivity contribution in [2.45, 2.75) is 6.61 Å². The fourth-order valence-electron chi connectivity index (χ4n) is 2.80. The normalized spacial score (nSPS) is 10.8. The molecule has 0 spiro atoms. The van der Waals surface area contributed by atoms with Crippen LogP contribution in [0.5, 0.6) is 5.75 Å². The van der Waals surface area contributed by atoms with E-state index in [9.17, 15) is 20.0 Å². The maximum Gasteiger partial charge on any atom is 0.371 e. The van der Waals surface area contributed by atoms with Gasteiger partial charge in [0.15, 0.2) is 5.78 Å². The van der Waals surface area contributed by atoms with Crippen molar-refractivity contribution in [1.29, 1.82) is 5.26 Å². The molecule has 30 heavy (non-hydrogen) atoms. The third-order valence-corrected chi connectivity index (χ3v) is 4.33. The molecule has 6 nitrogen and oxygen atoms in total. The van der Waals surface area contributed by atoms with Gasteiger partial charge in [-0.2, -0.15) is 5.26 Å². The number of carbonyl (C=O) groups is 2. The molecule has 0 atom stereocenters. The SMILES string of the molecule is N#Cc1ccc(-c2ccccc2)cc1COc1cccc(C(=O)C=C(O)C(=O)O)c1. The van der Waals surface area contributed by atoms with Crippen molar-refractivity contribution < 1.29 is 24.5 Å². The predicted octanol–water partition coefficient (Wildman–Crippen LogP) is 4.51. The molecule has 2 N–H and O–H groups in total. The van der Waals surface area contributed by atoms with Gasteiger partial charge in [-0.1, -0.05) is 48.5 Å². The minimum Gasteiger partial charge on any atom is -0.502 e. The number of aliphatic hydroxyl groups is 1. The van der Waals surface area contributed by atoms with E-state index in [-0.39, 0.29) is 12.2 Å². The molecule has 0 unspecified atom stereocenters. The average Bonchev–Trinajstić information content (AvgIpc) is 2.78. The van der Waals surface area contributed by atoms with Gasteiger partial charge in [0.05, 0.1) is 11.6 Å². The Labute approximate surface area is 172 Å². The number of nitriles is 1. The Kier molecular flexibility index (Phi) is 6.26. The lowest BCUT2D eigenvalue weighted by Gasteiger charge is -2.11. The molecule has 0 aliphatic rings. The van der Waals surface area contributed by atoms with Crippen LogP contribution in [0.25, 0.3) is 11.1 Å². The lowest BCUT2D eigenvalue weighted by Crippen LogP contribution is -2.04. The number of nitrogens with zero attached hydrogens (tertiary/aromatic N) is 1. The van der Waals surface area contributed by atoms with Crippen LogP contribution in [0.3, 0.4) is 0 Å². The molecule has 0 aliphatic carbocycles. The van der Waals surface area contributed by atoms with Crippen LogP contribution >= 0.6 is 0 Å². The first-order chi connectivity index (χ1) is 14.5. The van der Waals surface area contributed by atoms with Gasteiger partial charge in [0, 0.05) is 17.2 Å². The second-order valence-electron chi connectivity index (χ2n) is 6.37. The van der Waals surface area contributed by atoms with E-state index in [2.05, 4.69) is 6.07 Å². The molecule has 0 aliphatic heterocycles. The summed E-state index contributed by atoms with van der Waals surface area (Å²) in [6.45, 7) is 0.109. The van der Waals surface area contributed by atoms with Gasteiger partial charge in [-0.3, -0.25) is 4.79 Å². The number of ether oxygens (including phenoxy) is 1. The Morgan fingerprint density at radius 2 is 1.70 bits per heavy atom. The number of benzene rings is 3. The van der Waals surface area contributed by atoms with Gasteiger partial charge in [-0.15, -0.1) is 0 Å². The Balaban J connectivity index is 1.80. The molecule has 0 aromatic heterocycles. The predicted molar refractivity (Wildman–Crippen MR) is 110 cm³/mol. The van der Waals surface area contributed by atoms with Crippen LogP contribution in [0, 0.1) is 11.3 Å².